The Morgan fingerprint density at radius 2 is 1.76 bits per heavy atom. The first-order valence-corrected chi connectivity index (χ1v) is 7.77. The van der Waals surface area contributed by atoms with Gasteiger partial charge in [0.1, 0.15) is 5.02 Å². The van der Waals surface area contributed by atoms with E-state index in [-0.39, 0.29) is 21.3 Å². The van der Waals surface area contributed by atoms with Gasteiger partial charge >= 0.3 is 5.97 Å². The molecule has 2 aromatic carbocycles. The maximum atomic E-state index is 11.9. The van der Waals surface area contributed by atoms with E-state index in [9.17, 15) is 19.7 Å². The highest BCUT2D eigenvalue weighted by Gasteiger charge is 2.18. The summed E-state index contributed by atoms with van der Waals surface area (Å²) in [5, 5.41) is 13.8. The summed E-state index contributed by atoms with van der Waals surface area (Å²) in [5.41, 5.74) is -0.284. The normalized spacial score (nSPS) is 10.2. The number of nitro groups is 1. The van der Waals surface area contributed by atoms with Gasteiger partial charge in [-0.25, -0.2) is 4.79 Å². The number of carbonyl (C=O) groups excluding carboxylic acids is 2. The molecule has 1 amide bonds. The minimum Gasteiger partial charge on any atom is -0.452 e. The van der Waals surface area contributed by atoms with Gasteiger partial charge in [0, 0.05) is 11.1 Å². The van der Waals surface area contributed by atoms with Crippen LogP contribution >= 0.6 is 34.8 Å². The Hall–Kier alpha value is -2.35. The Morgan fingerprint density at radius 3 is 2.44 bits per heavy atom. The Bertz CT molecular complexity index is 857. The molecule has 0 heterocycles. The molecule has 7 nitrogen and oxygen atoms in total. The van der Waals surface area contributed by atoms with E-state index in [1.54, 1.807) is 6.07 Å². The lowest BCUT2D eigenvalue weighted by Gasteiger charge is -2.08. The third kappa shape index (κ3) is 5.06. The minimum absolute atomic E-state index is 0.107. The van der Waals surface area contributed by atoms with Crippen LogP contribution < -0.4 is 5.32 Å². The predicted octanol–water partition coefficient (Wildman–Crippen LogP) is 4.35. The lowest BCUT2D eigenvalue weighted by atomic mass is 10.2. The fourth-order valence-corrected chi connectivity index (χ4v) is 2.30. The van der Waals surface area contributed by atoms with Gasteiger partial charge in [-0.05, 0) is 30.3 Å². The van der Waals surface area contributed by atoms with Crippen LogP contribution in [0.1, 0.15) is 10.4 Å². The van der Waals surface area contributed by atoms with Crippen LogP contribution in [-0.4, -0.2) is 23.4 Å². The van der Waals surface area contributed by atoms with E-state index < -0.39 is 29.1 Å². The average Bonchev–Trinajstić information content (AvgIpc) is 2.56. The fraction of sp³-hybridized carbons (Fsp3) is 0.0667. The summed E-state index contributed by atoms with van der Waals surface area (Å²) in [6.07, 6.45) is 0. The van der Waals surface area contributed by atoms with Gasteiger partial charge in [-0.1, -0.05) is 34.8 Å². The Balaban J connectivity index is 2.00. The van der Waals surface area contributed by atoms with Crippen LogP contribution in [0, 0.1) is 10.1 Å². The molecule has 1 N–H and O–H groups in total. The predicted molar refractivity (Wildman–Crippen MR) is 93.5 cm³/mol. The van der Waals surface area contributed by atoms with E-state index in [1.165, 1.54) is 24.3 Å². The van der Waals surface area contributed by atoms with Crippen LogP contribution in [0.15, 0.2) is 36.4 Å². The molecule has 0 spiro atoms. The van der Waals surface area contributed by atoms with Gasteiger partial charge in [-0.2, -0.15) is 0 Å². The highest BCUT2D eigenvalue weighted by atomic mass is 35.5. The summed E-state index contributed by atoms with van der Waals surface area (Å²) in [6, 6.07) is 7.90. The molecule has 0 aliphatic heterocycles. The number of nitro benzene ring substituents is 1. The van der Waals surface area contributed by atoms with Crippen molar-refractivity contribution < 1.29 is 19.2 Å². The van der Waals surface area contributed by atoms with Crippen molar-refractivity contribution in [3.8, 4) is 0 Å². The molecule has 0 atom stereocenters. The van der Waals surface area contributed by atoms with E-state index in [0.29, 0.717) is 5.02 Å². The van der Waals surface area contributed by atoms with Crippen LogP contribution in [0.25, 0.3) is 0 Å². The molecule has 0 aliphatic carbocycles. The van der Waals surface area contributed by atoms with Gasteiger partial charge in [0.05, 0.1) is 21.2 Å². The molecule has 2 aromatic rings. The smallest absolute Gasteiger partial charge is 0.338 e. The zero-order valence-electron chi connectivity index (χ0n) is 12.3. The van der Waals surface area contributed by atoms with Crippen molar-refractivity contribution in [2.24, 2.45) is 0 Å². The number of carbonyl (C=O) groups is 2. The number of nitrogens with one attached hydrogen (secondary N) is 1. The summed E-state index contributed by atoms with van der Waals surface area (Å²) in [7, 11) is 0. The molecular formula is C15H9Cl3N2O5. The monoisotopic (exact) mass is 402 g/mol. The van der Waals surface area contributed by atoms with Crippen molar-refractivity contribution >= 4 is 58.1 Å². The van der Waals surface area contributed by atoms with E-state index in [0.717, 1.165) is 6.07 Å². The minimum atomic E-state index is -0.910. The van der Waals surface area contributed by atoms with E-state index in [4.69, 9.17) is 39.5 Å². The fourth-order valence-electron chi connectivity index (χ4n) is 1.77. The van der Waals surface area contributed by atoms with Crippen LogP contribution in [-0.2, 0) is 9.53 Å². The van der Waals surface area contributed by atoms with E-state index >= 15 is 0 Å². The van der Waals surface area contributed by atoms with E-state index in [2.05, 4.69) is 5.32 Å². The van der Waals surface area contributed by atoms with Crippen LogP contribution in [0.4, 0.5) is 11.4 Å². The molecular weight excluding hydrogens is 395 g/mol. The third-order valence-electron chi connectivity index (χ3n) is 2.92. The Morgan fingerprint density at radius 1 is 1.08 bits per heavy atom. The number of amides is 1. The second kappa shape index (κ2) is 8.15. The second-order valence-corrected chi connectivity index (χ2v) is 5.92. The standard InChI is InChI=1S/C15H9Cl3N2O5/c16-9-2-4-10(17)12(6-9)19-14(21)7-25-15(22)8-1-3-11(18)13(5-8)20(23)24/h1-6H,7H2,(H,19,21). The lowest BCUT2D eigenvalue weighted by Crippen LogP contribution is -2.21. The summed E-state index contributed by atoms with van der Waals surface area (Å²) < 4.78 is 4.81. The highest BCUT2D eigenvalue weighted by molar-refractivity contribution is 6.35. The molecule has 0 saturated heterocycles. The summed E-state index contributed by atoms with van der Waals surface area (Å²) in [5.74, 6) is -1.56. The highest BCUT2D eigenvalue weighted by Crippen LogP contribution is 2.26. The van der Waals surface area contributed by atoms with Crippen molar-refractivity contribution in [3.05, 3.63) is 67.1 Å². The number of esters is 1. The van der Waals surface area contributed by atoms with Crippen molar-refractivity contribution in [2.45, 2.75) is 0 Å². The van der Waals surface area contributed by atoms with Crippen LogP contribution in [0.5, 0.6) is 0 Å². The maximum absolute atomic E-state index is 11.9. The molecule has 2 rings (SSSR count). The van der Waals surface area contributed by atoms with Crippen molar-refractivity contribution in [2.75, 3.05) is 11.9 Å². The number of halogens is 3. The second-order valence-electron chi connectivity index (χ2n) is 4.67. The van der Waals surface area contributed by atoms with Crippen molar-refractivity contribution in [3.63, 3.8) is 0 Å². The van der Waals surface area contributed by atoms with Gasteiger partial charge in [0.2, 0.25) is 0 Å². The lowest BCUT2D eigenvalue weighted by molar-refractivity contribution is -0.384. The molecule has 0 fully saturated rings. The largest absolute Gasteiger partial charge is 0.452 e. The molecule has 0 unspecified atom stereocenters. The van der Waals surface area contributed by atoms with Crippen molar-refractivity contribution in [1.29, 1.82) is 0 Å². The topological polar surface area (TPSA) is 98.5 Å². The SMILES string of the molecule is O=C(COC(=O)c1ccc(Cl)c([N+](=O)[O-])c1)Nc1cc(Cl)ccc1Cl. The maximum Gasteiger partial charge on any atom is 0.338 e. The molecule has 0 bridgehead atoms. The third-order valence-corrected chi connectivity index (χ3v) is 3.80. The van der Waals surface area contributed by atoms with Crippen LogP contribution in [0.2, 0.25) is 15.1 Å². The number of hydrogen-bond donors (Lipinski definition) is 1. The molecule has 0 saturated carbocycles. The first-order chi connectivity index (χ1) is 11.8. The molecule has 10 heteroatoms. The number of benzene rings is 2. The van der Waals surface area contributed by atoms with Crippen LogP contribution in [0.3, 0.4) is 0 Å². The number of rotatable bonds is 5. The van der Waals surface area contributed by atoms with Crippen molar-refractivity contribution in [1.82, 2.24) is 0 Å². The molecule has 0 aromatic heterocycles. The van der Waals surface area contributed by atoms with Gasteiger partial charge in [-0.3, -0.25) is 14.9 Å². The summed E-state index contributed by atoms with van der Waals surface area (Å²) in [4.78, 5) is 33.8. The quantitative estimate of drug-likeness (QED) is 0.454. The molecule has 0 radical (unpaired) electrons. The number of nitrogens with zero attached hydrogens (tertiary/aromatic N) is 1. The van der Waals surface area contributed by atoms with Gasteiger partial charge in [0.25, 0.3) is 11.6 Å². The molecule has 25 heavy (non-hydrogen) atoms. The number of anilines is 1. The molecule has 130 valence electrons. The first kappa shape index (κ1) is 19.0. The average molecular weight is 404 g/mol. The zero-order valence-corrected chi connectivity index (χ0v) is 14.6. The molecule has 0 aliphatic rings. The van der Waals surface area contributed by atoms with Gasteiger partial charge in [-0.15, -0.1) is 0 Å². The Labute approximate surface area is 156 Å². The number of ether oxygens (including phenoxy) is 1. The van der Waals surface area contributed by atoms with Gasteiger partial charge in [0.15, 0.2) is 6.61 Å². The Kier molecular flexibility index (Phi) is 6.19. The first-order valence-electron chi connectivity index (χ1n) is 6.64. The summed E-state index contributed by atoms with van der Waals surface area (Å²) >= 11 is 17.4. The summed E-state index contributed by atoms with van der Waals surface area (Å²) in [6.45, 7) is -0.613. The number of hydrogen-bond acceptors (Lipinski definition) is 5. The zero-order chi connectivity index (χ0) is 18.6. The van der Waals surface area contributed by atoms with Gasteiger partial charge < -0.3 is 10.1 Å². The van der Waals surface area contributed by atoms with E-state index in [1.807, 2.05) is 0 Å².